The van der Waals surface area contributed by atoms with Crippen molar-refractivity contribution in [3.63, 3.8) is 0 Å². The minimum absolute atomic E-state index is 0.291. The largest absolute Gasteiger partial charge is 0.489 e. The van der Waals surface area contributed by atoms with E-state index < -0.39 is 0 Å². The molecule has 0 radical (unpaired) electrons. The first kappa shape index (κ1) is 12.3. The van der Waals surface area contributed by atoms with Crippen molar-refractivity contribution in [2.24, 2.45) is 0 Å². The Morgan fingerprint density at radius 3 is 3.06 bits per heavy atom. The van der Waals surface area contributed by atoms with Crippen molar-refractivity contribution in [1.29, 1.82) is 0 Å². The van der Waals surface area contributed by atoms with E-state index in [-0.39, 0.29) is 5.82 Å². The summed E-state index contributed by atoms with van der Waals surface area (Å²) in [7, 11) is 0. The summed E-state index contributed by atoms with van der Waals surface area (Å²) in [6, 6.07) is 7.05. The van der Waals surface area contributed by atoms with Crippen LogP contribution >= 0.6 is 0 Å². The average molecular weight is 238 g/mol. The second kappa shape index (κ2) is 5.98. The number of para-hydroxylation sites is 1. The molecule has 3 nitrogen and oxygen atoms in total. The van der Waals surface area contributed by atoms with E-state index in [4.69, 9.17) is 4.74 Å². The number of hydrogen-bond donors (Lipinski definition) is 1. The van der Waals surface area contributed by atoms with Gasteiger partial charge in [0, 0.05) is 32.2 Å². The first-order chi connectivity index (χ1) is 8.27. The van der Waals surface area contributed by atoms with Crippen LogP contribution in [-0.2, 0) is 0 Å². The maximum absolute atomic E-state index is 13.3. The lowest BCUT2D eigenvalue weighted by atomic mass is 10.2. The van der Waals surface area contributed by atoms with Crippen LogP contribution in [0.2, 0.25) is 0 Å². The highest BCUT2D eigenvalue weighted by molar-refractivity contribution is 5.23. The fraction of sp³-hybridized carbons (Fsp3) is 0.538. The Hall–Kier alpha value is -1.13. The van der Waals surface area contributed by atoms with E-state index in [1.807, 2.05) is 0 Å². The van der Waals surface area contributed by atoms with Crippen molar-refractivity contribution < 1.29 is 9.13 Å². The molecule has 0 aliphatic carbocycles. The molecule has 94 valence electrons. The van der Waals surface area contributed by atoms with Crippen LogP contribution in [0.1, 0.15) is 6.92 Å². The molecule has 1 unspecified atom stereocenters. The van der Waals surface area contributed by atoms with Gasteiger partial charge in [-0.15, -0.1) is 0 Å². The van der Waals surface area contributed by atoms with Crippen molar-refractivity contribution in [3.05, 3.63) is 30.1 Å². The number of nitrogens with one attached hydrogen (secondary N) is 1. The molecule has 0 spiro atoms. The maximum Gasteiger partial charge on any atom is 0.165 e. The van der Waals surface area contributed by atoms with Gasteiger partial charge in [-0.25, -0.2) is 4.39 Å². The smallest absolute Gasteiger partial charge is 0.165 e. The molecule has 1 fully saturated rings. The minimum atomic E-state index is -0.291. The SMILES string of the molecule is CC1CNCCN1CCOc1ccccc1F. The zero-order valence-corrected chi connectivity index (χ0v) is 10.2. The van der Waals surface area contributed by atoms with Crippen LogP contribution in [0, 0.1) is 5.82 Å². The van der Waals surface area contributed by atoms with Crippen LogP contribution in [0.3, 0.4) is 0 Å². The van der Waals surface area contributed by atoms with Gasteiger partial charge in [0.25, 0.3) is 0 Å². The van der Waals surface area contributed by atoms with Gasteiger partial charge in [-0.3, -0.25) is 4.90 Å². The van der Waals surface area contributed by atoms with Crippen LogP contribution in [0.15, 0.2) is 24.3 Å². The third-order valence-electron chi connectivity index (χ3n) is 3.11. The van der Waals surface area contributed by atoms with Gasteiger partial charge in [-0.05, 0) is 19.1 Å². The molecule has 2 rings (SSSR count). The lowest BCUT2D eigenvalue weighted by Crippen LogP contribution is -2.50. The molecule has 1 aliphatic heterocycles. The number of ether oxygens (including phenoxy) is 1. The Kier molecular flexibility index (Phi) is 4.34. The van der Waals surface area contributed by atoms with Crippen LogP contribution in [0.4, 0.5) is 4.39 Å². The van der Waals surface area contributed by atoms with Gasteiger partial charge in [0.1, 0.15) is 6.61 Å². The molecular formula is C13H19FN2O. The Labute approximate surface area is 102 Å². The average Bonchev–Trinajstić information content (AvgIpc) is 2.34. The summed E-state index contributed by atoms with van der Waals surface area (Å²) in [5.41, 5.74) is 0. The molecule has 1 saturated heterocycles. The number of benzene rings is 1. The molecule has 1 N–H and O–H groups in total. The van der Waals surface area contributed by atoms with Gasteiger partial charge in [0.15, 0.2) is 11.6 Å². The highest BCUT2D eigenvalue weighted by atomic mass is 19.1. The van der Waals surface area contributed by atoms with E-state index in [2.05, 4.69) is 17.1 Å². The number of halogens is 1. The molecule has 0 bridgehead atoms. The van der Waals surface area contributed by atoms with E-state index in [1.54, 1.807) is 18.2 Å². The predicted molar refractivity (Wildman–Crippen MR) is 65.8 cm³/mol. The summed E-state index contributed by atoms with van der Waals surface area (Å²) in [5.74, 6) is 0.0520. The van der Waals surface area contributed by atoms with Crippen LogP contribution in [-0.4, -0.2) is 43.7 Å². The summed E-state index contributed by atoms with van der Waals surface area (Å²) >= 11 is 0. The minimum Gasteiger partial charge on any atom is -0.489 e. The molecule has 4 heteroatoms. The van der Waals surface area contributed by atoms with E-state index in [9.17, 15) is 4.39 Å². The van der Waals surface area contributed by atoms with E-state index in [0.29, 0.717) is 18.4 Å². The quantitative estimate of drug-likeness (QED) is 0.860. The standard InChI is InChI=1S/C13H19FN2O/c1-11-10-15-6-7-16(11)8-9-17-13-5-3-2-4-12(13)14/h2-5,11,15H,6-10H2,1H3. The van der Waals surface area contributed by atoms with Crippen molar-refractivity contribution >= 4 is 0 Å². The Morgan fingerprint density at radius 1 is 1.47 bits per heavy atom. The van der Waals surface area contributed by atoms with Crippen molar-refractivity contribution in [2.75, 3.05) is 32.8 Å². The van der Waals surface area contributed by atoms with E-state index in [0.717, 1.165) is 26.2 Å². The number of rotatable bonds is 4. The first-order valence-corrected chi connectivity index (χ1v) is 6.09. The number of piperazine rings is 1. The highest BCUT2D eigenvalue weighted by Gasteiger charge is 2.17. The van der Waals surface area contributed by atoms with Crippen molar-refractivity contribution in [2.45, 2.75) is 13.0 Å². The molecule has 17 heavy (non-hydrogen) atoms. The molecule has 1 aromatic rings. The van der Waals surface area contributed by atoms with Gasteiger partial charge in [0.2, 0.25) is 0 Å². The molecule has 0 amide bonds. The Balaban J connectivity index is 1.77. The van der Waals surface area contributed by atoms with E-state index in [1.165, 1.54) is 6.07 Å². The second-order valence-electron chi connectivity index (χ2n) is 4.37. The normalized spacial score (nSPS) is 21.4. The number of nitrogens with zero attached hydrogens (tertiary/aromatic N) is 1. The van der Waals surface area contributed by atoms with Gasteiger partial charge in [-0.2, -0.15) is 0 Å². The first-order valence-electron chi connectivity index (χ1n) is 6.09. The van der Waals surface area contributed by atoms with Gasteiger partial charge >= 0.3 is 0 Å². The molecule has 1 aliphatic rings. The fourth-order valence-corrected chi connectivity index (χ4v) is 2.05. The van der Waals surface area contributed by atoms with Crippen LogP contribution in [0.25, 0.3) is 0 Å². The maximum atomic E-state index is 13.3. The topological polar surface area (TPSA) is 24.5 Å². The summed E-state index contributed by atoms with van der Waals surface area (Å²) in [5, 5.41) is 3.34. The van der Waals surface area contributed by atoms with E-state index >= 15 is 0 Å². The zero-order valence-electron chi connectivity index (χ0n) is 10.2. The van der Waals surface area contributed by atoms with Crippen LogP contribution < -0.4 is 10.1 Å². The molecule has 1 heterocycles. The lowest BCUT2D eigenvalue weighted by molar-refractivity contribution is 0.142. The molecule has 1 aromatic carbocycles. The van der Waals surface area contributed by atoms with Gasteiger partial charge in [0.05, 0.1) is 0 Å². The molecule has 0 saturated carbocycles. The van der Waals surface area contributed by atoms with Crippen molar-refractivity contribution in [1.82, 2.24) is 10.2 Å². The Bertz CT molecular complexity index is 359. The highest BCUT2D eigenvalue weighted by Crippen LogP contribution is 2.15. The second-order valence-corrected chi connectivity index (χ2v) is 4.37. The van der Waals surface area contributed by atoms with Crippen LogP contribution in [0.5, 0.6) is 5.75 Å². The lowest BCUT2D eigenvalue weighted by Gasteiger charge is -2.33. The zero-order chi connectivity index (χ0) is 12.1. The number of hydrogen-bond acceptors (Lipinski definition) is 3. The third kappa shape index (κ3) is 3.41. The predicted octanol–water partition coefficient (Wildman–Crippen LogP) is 1.50. The summed E-state index contributed by atoms with van der Waals surface area (Å²) in [6.45, 7) is 6.63. The summed E-state index contributed by atoms with van der Waals surface area (Å²) < 4.78 is 18.7. The molecular weight excluding hydrogens is 219 g/mol. The Morgan fingerprint density at radius 2 is 2.29 bits per heavy atom. The summed E-state index contributed by atoms with van der Waals surface area (Å²) in [4.78, 5) is 2.36. The molecule has 0 aromatic heterocycles. The monoisotopic (exact) mass is 238 g/mol. The van der Waals surface area contributed by atoms with Gasteiger partial charge in [-0.1, -0.05) is 12.1 Å². The fourth-order valence-electron chi connectivity index (χ4n) is 2.05. The molecule has 1 atom stereocenters. The van der Waals surface area contributed by atoms with Crippen molar-refractivity contribution in [3.8, 4) is 5.75 Å². The van der Waals surface area contributed by atoms with Gasteiger partial charge < -0.3 is 10.1 Å². The summed E-state index contributed by atoms with van der Waals surface area (Å²) in [6.07, 6.45) is 0. The third-order valence-corrected chi connectivity index (χ3v) is 3.11.